The Bertz CT molecular complexity index is 1620. The second-order valence-electron chi connectivity index (χ2n) is 12.4. The Hall–Kier alpha value is -4.22. The van der Waals surface area contributed by atoms with E-state index in [1.807, 2.05) is 13.8 Å². The van der Waals surface area contributed by atoms with E-state index in [9.17, 15) is 32.3 Å². The SMILES string of the molecule is CC(C)(C)CC(C)(C)Nc1c(-c2ccc3c(c2)C(=O)N(C2CCC(=O)NC2=O)C3=O)nc2ccc(C(F)(F)F)cn12. The molecule has 2 aliphatic rings. The molecule has 2 aromatic heterocycles. The van der Waals surface area contributed by atoms with E-state index in [4.69, 9.17) is 0 Å². The highest BCUT2D eigenvalue weighted by molar-refractivity contribution is 6.23. The lowest BCUT2D eigenvalue weighted by molar-refractivity contribution is -0.138. The molecule has 41 heavy (non-hydrogen) atoms. The van der Waals surface area contributed by atoms with Crippen LogP contribution >= 0.6 is 0 Å². The van der Waals surface area contributed by atoms with Gasteiger partial charge in [0.05, 0.1) is 16.7 Å². The fraction of sp³-hybridized carbons (Fsp3) is 0.414. The molecule has 0 radical (unpaired) electrons. The number of hydrogen-bond acceptors (Lipinski definition) is 6. The van der Waals surface area contributed by atoms with Gasteiger partial charge in [0, 0.05) is 23.7 Å². The highest BCUT2D eigenvalue weighted by atomic mass is 19.4. The van der Waals surface area contributed by atoms with E-state index in [1.165, 1.54) is 22.6 Å². The van der Waals surface area contributed by atoms with Gasteiger partial charge in [-0.05, 0) is 56.4 Å². The highest BCUT2D eigenvalue weighted by Crippen LogP contribution is 2.38. The number of hydrogen-bond donors (Lipinski definition) is 2. The van der Waals surface area contributed by atoms with Crippen LogP contribution in [0.2, 0.25) is 0 Å². The summed E-state index contributed by atoms with van der Waals surface area (Å²) in [5, 5.41) is 5.55. The first-order valence-electron chi connectivity index (χ1n) is 13.2. The van der Waals surface area contributed by atoms with Crippen LogP contribution in [0.1, 0.15) is 80.2 Å². The van der Waals surface area contributed by atoms with Crippen molar-refractivity contribution in [1.82, 2.24) is 19.6 Å². The van der Waals surface area contributed by atoms with Crippen molar-refractivity contribution in [3.05, 3.63) is 53.2 Å². The normalized spacial score (nSPS) is 18.2. The quantitative estimate of drug-likeness (QED) is 0.416. The molecule has 0 bridgehead atoms. The number of imidazole rings is 1. The molecule has 216 valence electrons. The van der Waals surface area contributed by atoms with Crippen LogP contribution < -0.4 is 10.6 Å². The van der Waals surface area contributed by atoms with Crippen molar-refractivity contribution in [2.24, 2.45) is 5.41 Å². The summed E-state index contributed by atoms with van der Waals surface area (Å²) >= 11 is 0. The van der Waals surface area contributed by atoms with Crippen molar-refractivity contribution in [3.8, 4) is 11.3 Å². The van der Waals surface area contributed by atoms with Gasteiger partial charge in [-0.2, -0.15) is 13.2 Å². The molecule has 3 aromatic rings. The number of halogens is 3. The summed E-state index contributed by atoms with van der Waals surface area (Å²) in [6.07, 6.45) is -2.90. The van der Waals surface area contributed by atoms with Crippen molar-refractivity contribution in [3.63, 3.8) is 0 Å². The molecule has 0 aliphatic carbocycles. The van der Waals surface area contributed by atoms with Gasteiger partial charge in [-0.3, -0.25) is 33.8 Å². The zero-order valence-electron chi connectivity index (χ0n) is 23.3. The van der Waals surface area contributed by atoms with E-state index in [1.54, 1.807) is 6.07 Å². The molecule has 5 rings (SSSR count). The lowest BCUT2D eigenvalue weighted by atomic mass is 9.82. The minimum Gasteiger partial charge on any atom is -0.364 e. The highest BCUT2D eigenvalue weighted by Gasteiger charge is 2.45. The third-order valence-corrected chi connectivity index (χ3v) is 7.09. The fourth-order valence-corrected chi connectivity index (χ4v) is 5.84. The number of pyridine rings is 1. The van der Waals surface area contributed by atoms with Crippen LogP contribution in [0.15, 0.2) is 36.5 Å². The molecule has 4 amide bonds. The van der Waals surface area contributed by atoms with Crippen LogP contribution in [-0.2, 0) is 15.8 Å². The van der Waals surface area contributed by atoms with Gasteiger partial charge in [-0.15, -0.1) is 0 Å². The Balaban J connectivity index is 1.60. The maximum absolute atomic E-state index is 13.6. The summed E-state index contributed by atoms with van der Waals surface area (Å²) in [6.45, 7) is 10.1. The molecular weight excluding hydrogens is 539 g/mol. The summed E-state index contributed by atoms with van der Waals surface area (Å²) in [5.41, 5.74) is -0.416. The number of carbonyl (C=O) groups is 4. The van der Waals surface area contributed by atoms with Crippen molar-refractivity contribution in [1.29, 1.82) is 0 Å². The van der Waals surface area contributed by atoms with Gasteiger partial charge in [0.1, 0.15) is 23.2 Å². The molecule has 9 nitrogen and oxygen atoms in total. The number of benzene rings is 1. The average molecular weight is 570 g/mol. The molecule has 0 spiro atoms. The first-order valence-corrected chi connectivity index (χ1v) is 13.2. The van der Waals surface area contributed by atoms with Crippen LogP contribution in [0.4, 0.5) is 19.0 Å². The van der Waals surface area contributed by atoms with Crippen molar-refractivity contribution in [2.45, 2.75) is 71.6 Å². The van der Waals surface area contributed by atoms with Gasteiger partial charge in [0.25, 0.3) is 11.8 Å². The number of fused-ring (bicyclic) bond motifs is 2. The number of amides is 4. The molecule has 0 saturated carbocycles. The Morgan fingerprint density at radius 2 is 1.66 bits per heavy atom. The molecule has 2 aliphatic heterocycles. The Morgan fingerprint density at radius 1 is 0.976 bits per heavy atom. The number of carbonyl (C=O) groups excluding carboxylic acids is 4. The van der Waals surface area contributed by atoms with E-state index in [2.05, 4.69) is 36.4 Å². The van der Waals surface area contributed by atoms with Gasteiger partial charge in [-0.25, -0.2) is 4.98 Å². The summed E-state index contributed by atoms with van der Waals surface area (Å²) < 4.78 is 42.2. The Labute approximate surface area is 234 Å². The van der Waals surface area contributed by atoms with Crippen LogP contribution in [0.3, 0.4) is 0 Å². The second-order valence-corrected chi connectivity index (χ2v) is 12.4. The largest absolute Gasteiger partial charge is 0.417 e. The van der Waals surface area contributed by atoms with Crippen LogP contribution in [-0.4, -0.2) is 49.5 Å². The van der Waals surface area contributed by atoms with Gasteiger partial charge in [-0.1, -0.05) is 26.8 Å². The van der Waals surface area contributed by atoms with E-state index in [-0.39, 0.29) is 35.0 Å². The fourth-order valence-electron chi connectivity index (χ4n) is 5.84. The number of alkyl halides is 3. The summed E-state index contributed by atoms with van der Waals surface area (Å²) in [7, 11) is 0. The lowest BCUT2D eigenvalue weighted by Crippen LogP contribution is -2.54. The average Bonchev–Trinajstić information content (AvgIpc) is 3.31. The first kappa shape index (κ1) is 28.3. The molecule has 1 unspecified atom stereocenters. The molecule has 1 atom stereocenters. The smallest absolute Gasteiger partial charge is 0.364 e. The van der Waals surface area contributed by atoms with Crippen LogP contribution in [0.25, 0.3) is 16.9 Å². The summed E-state index contributed by atoms with van der Waals surface area (Å²) in [4.78, 5) is 56.0. The number of imide groups is 2. The molecule has 1 fully saturated rings. The molecule has 2 N–H and O–H groups in total. The molecule has 1 saturated heterocycles. The van der Waals surface area contributed by atoms with Crippen LogP contribution in [0.5, 0.6) is 0 Å². The number of piperidine rings is 1. The monoisotopic (exact) mass is 569 g/mol. The van der Waals surface area contributed by atoms with E-state index in [0.717, 1.165) is 17.2 Å². The minimum atomic E-state index is -4.57. The number of aromatic nitrogens is 2. The zero-order valence-corrected chi connectivity index (χ0v) is 23.3. The van der Waals surface area contributed by atoms with Gasteiger partial charge >= 0.3 is 6.18 Å². The van der Waals surface area contributed by atoms with Crippen molar-refractivity contribution >= 4 is 35.1 Å². The second kappa shape index (κ2) is 9.42. The zero-order chi connectivity index (χ0) is 30.1. The molecule has 12 heteroatoms. The van der Waals surface area contributed by atoms with Crippen molar-refractivity contribution in [2.75, 3.05) is 5.32 Å². The third kappa shape index (κ3) is 5.30. The van der Waals surface area contributed by atoms with Gasteiger partial charge in [0.2, 0.25) is 11.8 Å². The first-order chi connectivity index (χ1) is 18.9. The number of rotatable bonds is 5. The number of nitrogens with zero attached hydrogens (tertiary/aromatic N) is 3. The summed E-state index contributed by atoms with van der Waals surface area (Å²) in [6, 6.07) is 5.61. The predicted molar refractivity (Wildman–Crippen MR) is 144 cm³/mol. The molecular formula is C29H30F3N5O4. The maximum atomic E-state index is 13.6. The third-order valence-electron chi connectivity index (χ3n) is 7.09. The predicted octanol–water partition coefficient (Wildman–Crippen LogP) is 5.05. The summed E-state index contributed by atoms with van der Waals surface area (Å²) in [5.74, 6) is -2.23. The Kier molecular flexibility index (Phi) is 6.51. The topological polar surface area (TPSA) is 113 Å². The Morgan fingerprint density at radius 3 is 2.29 bits per heavy atom. The minimum absolute atomic E-state index is 0.00436. The van der Waals surface area contributed by atoms with Crippen LogP contribution in [0, 0.1) is 5.41 Å². The van der Waals surface area contributed by atoms with E-state index in [0.29, 0.717) is 23.5 Å². The number of nitrogens with one attached hydrogen (secondary N) is 2. The van der Waals surface area contributed by atoms with E-state index < -0.39 is 46.9 Å². The maximum Gasteiger partial charge on any atom is 0.417 e. The van der Waals surface area contributed by atoms with Gasteiger partial charge in [0.15, 0.2) is 0 Å². The number of anilines is 1. The van der Waals surface area contributed by atoms with Crippen molar-refractivity contribution < 1.29 is 32.3 Å². The molecule has 1 aromatic carbocycles. The van der Waals surface area contributed by atoms with Gasteiger partial charge < -0.3 is 5.32 Å². The van der Waals surface area contributed by atoms with E-state index >= 15 is 0 Å². The molecule has 4 heterocycles. The lowest BCUT2D eigenvalue weighted by Gasteiger charge is -2.34. The standard InChI is InChI=1S/C29H30F3N5O4/c1-27(2,3)14-28(4,5)35-23-22(33-20-10-7-16(13-36(20)23)29(30,31)32)15-6-8-17-18(12-15)26(41)37(25(17)40)19-9-11-21(38)34-24(19)39/h6-8,10,12-13,19,35H,9,11,14H2,1-5H3,(H,34,38,39).